The molecule has 1 aromatic rings. The first-order valence-electron chi connectivity index (χ1n) is 5.39. The number of para-hydroxylation sites is 2. The Morgan fingerprint density at radius 3 is 2.39 bits per heavy atom. The van der Waals surface area contributed by atoms with E-state index in [0.717, 1.165) is 0 Å². The lowest BCUT2D eigenvalue weighted by Gasteiger charge is -2.12. The van der Waals surface area contributed by atoms with Gasteiger partial charge in [0.2, 0.25) is 0 Å². The zero-order valence-electron chi connectivity index (χ0n) is 10.4. The molecule has 18 heavy (non-hydrogen) atoms. The van der Waals surface area contributed by atoms with Crippen LogP contribution in [0.15, 0.2) is 24.3 Å². The summed E-state index contributed by atoms with van der Waals surface area (Å²) in [4.78, 5) is 9.23. The number of aromatic hydroxyl groups is 1. The first-order chi connectivity index (χ1) is 8.28. The molecule has 7 heteroatoms. The van der Waals surface area contributed by atoms with Gasteiger partial charge in [-0.15, -0.1) is 11.6 Å². The fourth-order valence-corrected chi connectivity index (χ4v) is 2.25. The fourth-order valence-electron chi connectivity index (χ4n) is 0.840. The summed E-state index contributed by atoms with van der Waals surface area (Å²) in [6, 6.07) is 6.30. The van der Waals surface area contributed by atoms with Gasteiger partial charge >= 0.3 is 7.60 Å². The van der Waals surface area contributed by atoms with E-state index >= 15 is 0 Å². The first kappa shape index (κ1) is 17.3. The molecule has 0 aliphatic carbocycles. The molecule has 0 aliphatic rings. The number of rotatable bonds is 4. The van der Waals surface area contributed by atoms with Gasteiger partial charge in [0.15, 0.2) is 11.5 Å². The van der Waals surface area contributed by atoms with Crippen LogP contribution in [0.25, 0.3) is 0 Å². The predicted octanol–water partition coefficient (Wildman–Crippen LogP) is 2.55. The summed E-state index contributed by atoms with van der Waals surface area (Å²) in [5.74, 6) is -0.152. The van der Waals surface area contributed by atoms with Gasteiger partial charge in [-0.3, -0.25) is 0 Å². The average Bonchev–Trinajstić information content (AvgIpc) is 2.20. The molecule has 1 atom stereocenters. The van der Waals surface area contributed by atoms with Crippen molar-refractivity contribution in [2.24, 2.45) is 5.73 Å². The lowest BCUT2D eigenvalue weighted by atomic mass is 10.3. The quantitative estimate of drug-likeness (QED) is 0.586. The zero-order valence-corrected chi connectivity index (χ0v) is 12.1. The minimum Gasteiger partial charge on any atom is -0.504 e. The van der Waals surface area contributed by atoms with Crippen molar-refractivity contribution >= 4 is 19.2 Å². The molecule has 0 aliphatic heterocycles. The summed E-state index contributed by atoms with van der Waals surface area (Å²) in [6.45, 7) is 3.89. The molecule has 0 amide bonds. The molecule has 0 bridgehead atoms. The average molecular weight is 296 g/mol. The molecule has 0 aromatic heterocycles. The van der Waals surface area contributed by atoms with Crippen LogP contribution in [-0.4, -0.2) is 28.1 Å². The van der Waals surface area contributed by atoms with E-state index in [0.29, 0.717) is 6.04 Å². The van der Waals surface area contributed by atoms with E-state index in [1.54, 1.807) is 12.1 Å². The Balaban J connectivity index is 0.000000631. The Kier molecular flexibility index (Phi) is 8.03. The van der Waals surface area contributed by atoms with Crippen LogP contribution in [-0.2, 0) is 4.57 Å². The molecule has 0 fully saturated rings. The molecule has 0 heterocycles. The maximum absolute atomic E-state index is 11.3. The van der Waals surface area contributed by atoms with Crippen molar-refractivity contribution in [3.8, 4) is 11.5 Å². The molecular weight excluding hydrogens is 277 g/mol. The predicted molar refractivity (Wildman–Crippen MR) is 73.5 cm³/mol. The standard InChI is InChI=1S/C8H10ClO4P.C3H9N/c9-5-6-14(11,12)13-8-4-2-1-3-7(8)10;1-3(2)4/h1-4,10H,5-6H2,(H,11,12);3H,4H2,1-2H3. The Bertz CT molecular complexity index is 398. The van der Waals surface area contributed by atoms with E-state index in [4.69, 9.17) is 21.9 Å². The van der Waals surface area contributed by atoms with Crippen molar-refractivity contribution in [3.63, 3.8) is 0 Å². The number of hydrogen-bond donors (Lipinski definition) is 3. The van der Waals surface area contributed by atoms with E-state index in [1.165, 1.54) is 12.1 Å². The molecule has 0 radical (unpaired) electrons. The second-order valence-electron chi connectivity index (χ2n) is 3.85. The molecule has 0 saturated heterocycles. The van der Waals surface area contributed by atoms with Crippen LogP contribution in [0.5, 0.6) is 11.5 Å². The minimum absolute atomic E-state index is 0.0107. The van der Waals surface area contributed by atoms with Crippen molar-refractivity contribution in [2.75, 3.05) is 12.0 Å². The number of phenols is 1. The number of phenolic OH excluding ortho intramolecular Hbond substituents is 1. The maximum atomic E-state index is 11.3. The molecule has 1 aromatic carbocycles. The first-order valence-corrected chi connectivity index (χ1v) is 7.69. The number of hydrogen-bond acceptors (Lipinski definition) is 4. The van der Waals surface area contributed by atoms with Crippen LogP contribution in [0.2, 0.25) is 0 Å². The maximum Gasteiger partial charge on any atom is 0.377 e. The third-order valence-electron chi connectivity index (χ3n) is 1.47. The van der Waals surface area contributed by atoms with Crippen LogP contribution < -0.4 is 10.3 Å². The van der Waals surface area contributed by atoms with E-state index in [1.807, 2.05) is 13.8 Å². The van der Waals surface area contributed by atoms with Crippen LogP contribution >= 0.6 is 19.2 Å². The molecular formula is C11H19ClNO4P. The van der Waals surface area contributed by atoms with Gasteiger partial charge in [-0.2, -0.15) is 0 Å². The van der Waals surface area contributed by atoms with E-state index in [-0.39, 0.29) is 23.5 Å². The van der Waals surface area contributed by atoms with Gasteiger partial charge in [-0.1, -0.05) is 26.0 Å². The topological polar surface area (TPSA) is 92.8 Å². The Labute approximate surface area is 112 Å². The van der Waals surface area contributed by atoms with Crippen molar-refractivity contribution in [1.29, 1.82) is 0 Å². The summed E-state index contributed by atoms with van der Waals surface area (Å²) >= 11 is 5.32. The highest BCUT2D eigenvalue weighted by Gasteiger charge is 2.21. The third-order valence-corrected chi connectivity index (χ3v) is 3.20. The summed E-state index contributed by atoms with van der Waals surface area (Å²) in [5, 5.41) is 9.25. The van der Waals surface area contributed by atoms with Gasteiger partial charge in [0.05, 0.1) is 6.16 Å². The molecule has 0 spiro atoms. The Morgan fingerprint density at radius 1 is 1.44 bits per heavy atom. The molecule has 104 valence electrons. The smallest absolute Gasteiger partial charge is 0.377 e. The second-order valence-corrected chi connectivity index (χ2v) is 6.14. The van der Waals surface area contributed by atoms with Gasteiger partial charge in [-0.25, -0.2) is 4.57 Å². The molecule has 1 rings (SSSR count). The zero-order chi connectivity index (χ0) is 14.2. The van der Waals surface area contributed by atoms with E-state index < -0.39 is 7.60 Å². The SMILES string of the molecule is CC(C)N.O=P(O)(CCCl)Oc1ccccc1O. The summed E-state index contributed by atoms with van der Waals surface area (Å²) in [5.41, 5.74) is 5.11. The number of alkyl halides is 1. The van der Waals surface area contributed by atoms with E-state index in [9.17, 15) is 14.6 Å². The lowest BCUT2D eigenvalue weighted by molar-refractivity contribution is 0.366. The Morgan fingerprint density at radius 2 is 1.94 bits per heavy atom. The second kappa shape index (κ2) is 8.38. The van der Waals surface area contributed by atoms with Crippen LogP contribution in [0.1, 0.15) is 13.8 Å². The molecule has 0 saturated carbocycles. The highest BCUT2D eigenvalue weighted by Crippen LogP contribution is 2.44. The molecule has 1 unspecified atom stereocenters. The van der Waals surface area contributed by atoms with Crippen molar-refractivity contribution in [2.45, 2.75) is 19.9 Å². The van der Waals surface area contributed by atoms with Gasteiger partial charge < -0.3 is 20.3 Å². The lowest BCUT2D eigenvalue weighted by Crippen LogP contribution is -2.06. The van der Waals surface area contributed by atoms with Crippen LogP contribution in [0, 0.1) is 0 Å². The highest BCUT2D eigenvalue weighted by atomic mass is 35.5. The fraction of sp³-hybridized carbons (Fsp3) is 0.455. The van der Waals surface area contributed by atoms with Gasteiger partial charge in [-0.05, 0) is 18.2 Å². The summed E-state index contributed by atoms with van der Waals surface area (Å²) < 4.78 is 16.0. The third kappa shape index (κ3) is 8.37. The van der Waals surface area contributed by atoms with Crippen molar-refractivity contribution in [1.82, 2.24) is 0 Å². The monoisotopic (exact) mass is 295 g/mol. The van der Waals surface area contributed by atoms with Crippen molar-refractivity contribution in [3.05, 3.63) is 24.3 Å². The highest BCUT2D eigenvalue weighted by molar-refractivity contribution is 7.53. The number of halogens is 1. The van der Waals surface area contributed by atoms with Crippen molar-refractivity contribution < 1.29 is 19.1 Å². The normalized spacial score (nSPS) is 13.4. The summed E-state index contributed by atoms with van der Waals surface area (Å²) in [7, 11) is -3.73. The number of nitrogens with two attached hydrogens (primary N) is 1. The Hall–Kier alpha value is -0.740. The van der Waals surface area contributed by atoms with Crippen LogP contribution in [0.4, 0.5) is 0 Å². The molecule has 4 N–H and O–H groups in total. The van der Waals surface area contributed by atoms with Gasteiger partial charge in [0.1, 0.15) is 0 Å². The van der Waals surface area contributed by atoms with E-state index in [2.05, 4.69) is 0 Å². The molecule has 5 nitrogen and oxygen atoms in total. The summed E-state index contributed by atoms with van der Waals surface area (Å²) in [6.07, 6.45) is -0.150. The largest absolute Gasteiger partial charge is 0.504 e. The number of benzene rings is 1. The minimum atomic E-state index is -3.73. The van der Waals surface area contributed by atoms with Crippen LogP contribution in [0.3, 0.4) is 0 Å². The van der Waals surface area contributed by atoms with Gasteiger partial charge in [0.25, 0.3) is 0 Å². The van der Waals surface area contributed by atoms with Gasteiger partial charge in [0, 0.05) is 5.88 Å².